The second-order valence-corrected chi connectivity index (χ2v) is 3.99. The summed E-state index contributed by atoms with van der Waals surface area (Å²) < 4.78 is 66.8. The fraction of sp³-hybridized carbons (Fsp3) is 0.273. The highest BCUT2D eigenvalue weighted by Crippen LogP contribution is 2.23. The maximum atomic E-state index is 13.4. The van der Waals surface area contributed by atoms with Gasteiger partial charge in [-0.1, -0.05) is 5.21 Å². The molecule has 0 radical (unpaired) electrons. The summed E-state index contributed by atoms with van der Waals surface area (Å²) in [7, 11) is 1.66. The van der Waals surface area contributed by atoms with Crippen LogP contribution in [0.3, 0.4) is 0 Å². The van der Waals surface area contributed by atoms with Crippen LogP contribution in [0, 0.1) is 29.1 Å². The van der Waals surface area contributed by atoms with Crippen molar-refractivity contribution in [1.82, 2.24) is 20.3 Å². The highest BCUT2D eigenvalue weighted by atomic mass is 19.2. The van der Waals surface area contributed by atoms with Crippen LogP contribution in [0.25, 0.3) is 0 Å². The van der Waals surface area contributed by atoms with Gasteiger partial charge in [-0.25, -0.2) is 26.6 Å². The van der Waals surface area contributed by atoms with Gasteiger partial charge in [-0.15, -0.1) is 5.10 Å². The van der Waals surface area contributed by atoms with Crippen molar-refractivity contribution in [3.05, 3.63) is 46.5 Å². The lowest BCUT2D eigenvalue weighted by Crippen LogP contribution is -2.11. The quantitative estimate of drug-likeness (QED) is 0.530. The third-order valence-corrected chi connectivity index (χ3v) is 2.56. The molecule has 0 atom stereocenters. The number of nitrogens with zero attached hydrogens (tertiary/aromatic N) is 3. The first-order valence-corrected chi connectivity index (χ1v) is 5.49. The van der Waals surface area contributed by atoms with E-state index < -0.39 is 41.2 Å². The van der Waals surface area contributed by atoms with E-state index >= 15 is 0 Å². The van der Waals surface area contributed by atoms with Crippen molar-refractivity contribution in [2.75, 3.05) is 7.05 Å². The second-order valence-electron chi connectivity index (χ2n) is 3.99. The first kappa shape index (κ1) is 14.4. The molecule has 20 heavy (non-hydrogen) atoms. The number of hydrogen-bond donors (Lipinski definition) is 1. The molecule has 1 aromatic heterocycles. The Morgan fingerprint density at radius 1 is 1.00 bits per heavy atom. The molecule has 4 nitrogen and oxygen atoms in total. The molecule has 1 heterocycles. The van der Waals surface area contributed by atoms with Crippen LogP contribution in [-0.4, -0.2) is 22.0 Å². The number of benzene rings is 1. The Balaban J connectivity index is 2.38. The molecule has 1 aromatic carbocycles. The molecule has 0 aliphatic carbocycles. The average Bonchev–Trinajstić information content (AvgIpc) is 2.87. The molecule has 0 fully saturated rings. The highest BCUT2D eigenvalue weighted by Gasteiger charge is 2.25. The molecule has 0 saturated heterocycles. The van der Waals surface area contributed by atoms with Gasteiger partial charge in [-0.05, 0) is 7.05 Å². The van der Waals surface area contributed by atoms with Crippen LogP contribution < -0.4 is 5.32 Å². The minimum absolute atomic E-state index is 0.358. The van der Waals surface area contributed by atoms with Gasteiger partial charge < -0.3 is 5.32 Å². The minimum Gasteiger partial charge on any atom is -0.314 e. The van der Waals surface area contributed by atoms with E-state index in [0.717, 1.165) is 4.68 Å². The zero-order valence-electron chi connectivity index (χ0n) is 10.2. The molecular formula is C11H9F5N4. The van der Waals surface area contributed by atoms with Crippen molar-refractivity contribution >= 4 is 0 Å². The van der Waals surface area contributed by atoms with E-state index in [1.54, 1.807) is 7.05 Å². The SMILES string of the molecule is CNCc1cn(Cc2c(F)c(F)c(F)c(F)c2F)nn1. The normalized spacial score (nSPS) is 11.1. The second kappa shape index (κ2) is 5.53. The molecule has 1 N–H and O–H groups in total. The van der Waals surface area contributed by atoms with Gasteiger partial charge in [0.25, 0.3) is 0 Å². The average molecular weight is 292 g/mol. The van der Waals surface area contributed by atoms with E-state index in [4.69, 9.17) is 0 Å². The number of hydrogen-bond acceptors (Lipinski definition) is 3. The molecule has 0 aliphatic rings. The molecule has 0 bridgehead atoms. The third-order valence-electron chi connectivity index (χ3n) is 2.56. The number of rotatable bonds is 4. The standard InChI is InChI=1S/C11H9F5N4/c1-17-2-5-3-20(19-18-5)4-6-7(12)9(14)11(16)10(15)8(6)13/h3,17H,2,4H2,1H3. The van der Waals surface area contributed by atoms with Crippen LogP contribution in [0.5, 0.6) is 0 Å². The van der Waals surface area contributed by atoms with Crippen molar-refractivity contribution in [1.29, 1.82) is 0 Å². The molecule has 0 amide bonds. The molecule has 9 heteroatoms. The van der Waals surface area contributed by atoms with Crippen LogP contribution in [-0.2, 0) is 13.1 Å². The summed E-state index contributed by atoms with van der Waals surface area (Å²) in [6.07, 6.45) is 1.34. The third kappa shape index (κ3) is 2.48. The Morgan fingerprint density at radius 2 is 1.55 bits per heavy atom. The van der Waals surface area contributed by atoms with Gasteiger partial charge in [0.2, 0.25) is 5.82 Å². The topological polar surface area (TPSA) is 42.7 Å². The minimum atomic E-state index is -2.18. The predicted octanol–water partition coefficient (Wildman–Crippen LogP) is 1.74. The summed E-state index contributed by atoms with van der Waals surface area (Å²) in [5, 5.41) is 9.99. The first-order valence-electron chi connectivity index (χ1n) is 5.49. The summed E-state index contributed by atoms with van der Waals surface area (Å²) >= 11 is 0. The fourth-order valence-electron chi connectivity index (χ4n) is 1.63. The lowest BCUT2D eigenvalue weighted by molar-refractivity contribution is 0.366. The smallest absolute Gasteiger partial charge is 0.200 e. The molecule has 0 saturated carbocycles. The van der Waals surface area contributed by atoms with E-state index in [-0.39, 0.29) is 0 Å². The molecule has 2 rings (SSSR count). The van der Waals surface area contributed by atoms with E-state index in [1.165, 1.54) is 6.20 Å². The van der Waals surface area contributed by atoms with Gasteiger partial charge >= 0.3 is 0 Å². The first-order chi connectivity index (χ1) is 9.45. The maximum absolute atomic E-state index is 13.4. The Kier molecular flexibility index (Phi) is 3.98. The van der Waals surface area contributed by atoms with Crippen molar-refractivity contribution in [3.8, 4) is 0 Å². The van der Waals surface area contributed by atoms with Crippen LogP contribution in [0.15, 0.2) is 6.20 Å². The Bertz CT molecular complexity index is 611. The number of halogens is 5. The fourth-order valence-corrected chi connectivity index (χ4v) is 1.63. The Labute approximate surface area is 110 Å². The monoisotopic (exact) mass is 292 g/mol. The predicted molar refractivity (Wildman–Crippen MR) is 58.1 cm³/mol. The van der Waals surface area contributed by atoms with Gasteiger partial charge in [0.15, 0.2) is 23.3 Å². The van der Waals surface area contributed by atoms with E-state index in [9.17, 15) is 22.0 Å². The van der Waals surface area contributed by atoms with Gasteiger partial charge in [-0.3, -0.25) is 0 Å². The van der Waals surface area contributed by atoms with Crippen molar-refractivity contribution in [2.45, 2.75) is 13.1 Å². The van der Waals surface area contributed by atoms with Crippen molar-refractivity contribution in [2.24, 2.45) is 0 Å². The summed E-state index contributed by atoms with van der Waals surface area (Å²) in [6.45, 7) is -0.250. The Morgan fingerprint density at radius 3 is 2.10 bits per heavy atom. The number of aromatic nitrogens is 3. The van der Waals surface area contributed by atoms with Gasteiger partial charge in [-0.2, -0.15) is 0 Å². The van der Waals surface area contributed by atoms with Crippen molar-refractivity contribution < 1.29 is 22.0 Å². The van der Waals surface area contributed by atoms with Crippen LogP contribution in [0.4, 0.5) is 22.0 Å². The zero-order chi connectivity index (χ0) is 14.9. The lowest BCUT2D eigenvalue weighted by Gasteiger charge is -2.07. The van der Waals surface area contributed by atoms with Gasteiger partial charge in [0.1, 0.15) is 0 Å². The summed E-state index contributed by atoms with van der Waals surface area (Å²) in [5.41, 5.74) is -0.487. The van der Waals surface area contributed by atoms with Crippen molar-refractivity contribution in [3.63, 3.8) is 0 Å². The summed E-state index contributed by atoms with van der Waals surface area (Å²) in [5.74, 6) is -9.87. The zero-order valence-corrected chi connectivity index (χ0v) is 10.2. The molecule has 108 valence electrons. The Hall–Kier alpha value is -2.03. The maximum Gasteiger partial charge on any atom is 0.200 e. The molecule has 0 spiro atoms. The number of nitrogens with one attached hydrogen (secondary N) is 1. The lowest BCUT2D eigenvalue weighted by atomic mass is 10.1. The summed E-state index contributed by atoms with van der Waals surface area (Å²) in [6, 6.07) is 0. The highest BCUT2D eigenvalue weighted by molar-refractivity contribution is 5.24. The molecule has 0 unspecified atom stereocenters. The summed E-state index contributed by atoms with van der Waals surface area (Å²) in [4.78, 5) is 0. The van der Waals surface area contributed by atoms with E-state index in [0.29, 0.717) is 12.2 Å². The largest absolute Gasteiger partial charge is 0.314 e. The van der Waals surface area contributed by atoms with Gasteiger partial charge in [0, 0.05) is 6.54 Å². The molecular weight excluding hydrogens is 283 g/mol. The van der Waals surface area contributed by atoms with E-state index in [2.05, 4.69) is 15.6 Å². The molecule has 2 aromatic rings. The van der Waals surface area contributed by atoms with Crippen LogP contribution >= 0.6 is 0 Å². The van der Waals surface area contributed by atoms with Crippen LogP contribution in [0.2, 0.25) is 0 Å². The van der Waals surface area contributed by atoms with E-state index in [1.807, 2.05) is 0 Å². The van der Waals surface area contributed by atoms with Crippen LogP contribution in [0.1, 0.15) is 11.3 Å². The molecule has 0 aliphatic heterocycles. The van der Waals surface area contributed by atoms with Gasteiger partial charge in [0.05, 0.1) is 24.0 Å².